The molecule has 0 amide bonds. The van der Waals surface area contributed by atoms with Gasteiger partial charge in [0.25, 0.3) is 0 Å². The van der Waals surface area contributed by atoms with Crippen LogP contribution >= 0.6 is 15.9 Å². The van der Waals surface area contributed by atoms with Crippen molar-refractivity contribution >= 4 is 15.9 Å². The highest BCUT2D eigenvalue weighted by Crippen LogP contribution is 2.24. The van der Waals surface area contributed by atoms with Crippen molar-refractivity contribution < 1.29 is 0 Å². The smallest absolute Gasteiger partial charge is 0.0177 e. The van der Waals surface area contributed by atoms with Crippen molar-refractivity contribution in [2.24, 2.45) is 11.8 Å². The van der Waals surface area contributed by atoms with Crippen LogP contribution in [0.4, 0.5) is 0 Å². The lowest BCUT2D eigenvalue weighted by Gasteiger charge is -2.26. The maximum atomic E-state index is 3.61. The average molecular weight is 326 g/mol. The molecular formula is C17H28BrN. The van der Waals surface area contributed by atoms with E-state index in [4.69, 9.17) is 0 Å². The number of halogens is 1. The summed E-state index contributed by atoms with van der Waals surface area (Å²) in [4.78, 5) is 0. The lowest BCUT2D eigenvalue weighted by atomic mass is 9.83. The number of hydrogen-bond acceptors (Lipinski definition) is 1. The minimum atomic E-state index is 0.746. The fourth-order valence-electron chi connectivity index (χ4n) is 2.79. The van der Waals surface area contributed by atoms with E-state index in [2.05, 4.69) is 66.3 Å². The molecule has 0 aliphatic rings. The second-order valence-electron chi connectivity index (χ2n) is 5.37. The van der Waals surface area contributed by atoms with Crippen molar-refractivity contribution in [3.8, 4) is 0 Å². The topological polar surface area (TPSA) is 12.0 Å². The number of rotatable bonds is 9. The van der Waals surface area contributed by atoms with Crippen LogP contribution in [0.25, 0.3) is 0 Å². The molecule has 1 atom stereocenters. The molecule has 19 heavy (non-hydrogen) atoms. The van der Waals surface area contributed by atoms with Gasteiger partial charge in [-0.3, -0.25) is 0 Å². The highest BCUT2D eigenvalue weighted by molar-refractivity contribution is 9.10. The molecule has 0 saturated carbocycles. The highest BCUT2D eigenvalue weighted by atomic mass is 79.9. The maximum Gasteiger partial charge on any atom is 0.0177 e. The van der Waals surface area contributed by atoms with Gasteiger partial charge in [0.1, 0.15) is 0 Å². The van der Waals surface area contributed by atoms with E-state index in [9.17, 15) is 0 Å². The first kappa shape index (κ1) is 16.7. The molecule has 0 bridgehead atoms. The second-order valence-corrected chi connectivity index (χ2v) is 6.29. The van der Waals surface area contributed by atoms with Gasteiger partial charge in [-0.2, -0.15) is 0 Å². The molecule has 1 aromatic rings. The summed E-state index contributed by atoms with van der Waals surface area (Å²) < 4.78 is 1.19. The molecule has 0 aromatic heterocycles. The minimum Gasteiger partial charge on any atom is -0.316 e. The van der Waals surface area contributed by atoms with Gasteiger partial charge < -0.3 is 5.32 Å². The Morgan fingerprint density at radius 1 is 1.11 bits per heavy atom. The Labute approximate surface area is 127 Å². The third kappa shape index (κ3) is 6.09. The van der Waals surface area contributed by atoms with Crippen molar-refractivity contribution in [3.05, 3.63) is 34.3 Å². The minimum absolute atomic E-state index is 0.746. The summed E-state index contributed by atoms with van der Waals surface area (Å²) in [6, 6.07) is 8.75. The summed E-state index contributed by atoms with van der Waals surface area (Å²) in [6.45, 7) is 9.15. The molecule has 0 saturated heterocycles. The van der Waals surface area contributed by atoms with Gasteiger partial charge in [0, 0.05) is 4.47 Å². The molecule has 1 N–H and O–H groups in total. The summed E-state index contributed by atoms with van der Waals surface area (Å²) in [6.07, 6.45) is 4.96. The van der Waals surface area contributed by atoms with Gasteiger partial charge in [-0.15, -0.1) is 0 Å². The number of nitrogens with one attached hydrogen (secondary N) is 1. The van der Waals surface area contributed by atoms with Gasteiger partial charge in [0.15, 0.2) is 0 Å². The normalized spacial score (nSPS) is 12.9. The molecule has 1 aromatic carbocycles. The first-order valence-electron chi connectivity index (χ1n) is 7.66. The Kier molecular flexibility index (Phi) is 8.40. The summed E-state index contributed by atoms with van der Waals surface area (Å²) >= 11 is 3.57. The van der Waals surface area contributed by atoms with Crippen molar-refractivity contribution in [3.63, 3.8) is 0 Å². The van der Waals surface area contributed by atoms with Crippen LogP contribution in [0.2, 0.25) is 0 Å². The quantitative estimate of drug-likeness (QED) is 0.627. The fraction of sp³-hybridized carbons (Fsp3) is 0.647. The Balaban J connectivity index is 2.66. The van der Waals surface area contributed by atoms with Crippen LogP contribution in [-0.4, -0.2) is 13.1 Å². The Morgan fingerprint density at radius 2 is 1.84 bits per heavy atom. The van der Waals surface area contributed by atoms with E-state index in [1.165, 1.54) is 35.7 Å². The van der Waals surface area contributed by atoms with Gasteiger partial charge in [-0.25, -0.2) is 0 Å². The fourth-order valence-corrected chi connectivity index (χ4v) is 3.24. The zero-order chi connectivity index (χ0) is 14.1. The first-order valence-corrected chi connectivity index (χ1v) is 8.45. The zero-order valence-electron chi connectivity index (χ0n) is 12.6. The van der Waals surface area contributed by atoms with E-state index >= 15 is 0 Å². The van der Waals surface area contributed by atoms with Crippen molar-refractivity contribution in [2.75, 3.05) is 13.1 Å². The Hall–Kier alpha value is -0.340. The van der Waals surface area contributed by atoms with Crippen molar-refractivity contribution in [1.82, 2.24) is 5.32 Å². The Bertz CT molecular complexity index is 347. The standard InChI is InChI=1S/C17H28BrN/c1-4-10-19-13-16(15(5-2)6-3)11-14-8-7-9-17(18)12-14/h7-9,12,15-16,19H,4-6,10-11,13H2,1-3H3. The summed E-state index contributed by atoms with van der Waals surface area (Å²) in [5.41, 5.74) is 1.45. The SMILES string of the molecule is CCCNCC(Cc1cccc(Br)c1)C(CC)CC. The van der Waals surface area contributed by atoms with Crippen LogP contribution < -0.4 is 5.32 Å². The van der Waals surface area contributed by atoms with Crippen LogP contribution in [0.5, 0.6) is 0 Å². The molecule has 0 aliphatic carbocycles. The van der Waals surface area contributed by atoms with Crippen LogP contribution in [0.3, 0.4) is 0 Å². The first-order chi connectivity index (χ1) is 9.21. The molecule has 108 valence electrons. The largest absolute Gasteiger partial charge is 0.316 e. The summed E-state index contributed by atoms with van der Waals surface area (Å²) in [5.74, 6) is 1.57. The lowest BCUT2D eigenvalue weighted by molar-refractivity contribution is 0.298. The lowest BCUT2D eigenvalue weighted by Crippen LogP contribution is -2.30. The molecule has 0 radical (unpaired) electrons. The van der Waals surface area contributed by atoms with E-state index in [0.29, 0.717) is 0 Å². The molecule has 0 heterocycles. The second kappa shape index (κ2) is 9.55. The summed E-state index contributed by atoms with van der Waals surface area (Å²) in [5, 5.41) is 3.61. The third-order valence-corrected chi connectivity index (χ3v) is 4.43. The predicted molar refractivity (Wildman–Crippen MR) is 88.6 cm³/mol. The number of benzene rings is 1. The van der Waals surface area contributed by atoms with Gasteiger partial charge in [-0.1, -0.05) is 61.7 Å². The van der Waals surface area contributed by atoms with Crippen LogP contribution in [0, 0.1) is 11.8 Å². The van der Waals surface area contributed by atoms with Crippen molar-refractivity contribution in [1.29, 1.82) is 0 Å². The monoisotopic (exact) mass is 325 g/mol. The zero-order valence-corrected chi connectivity index (χ0v) is 14.2. The molecule has 1 unspecified atom stereocenters. The highest BCUT2D eigenvalue weighted by Gasteiger charge is 2.18. The molecular weight excluding hydrogens is 298 g/mol. The molecule has 0 aliphatic heterocycles. The molecule has 0 spiro atoms. The van der Waals surface area contributed by atoms with Crippen molar-refractivity contribution in [2.45, 2.75) is 46.5 Å². The van der Waals surface area contributed by atoms with E-state index in [1.54, 1.807) is 0 Å². The molecule has 0 fully saturated rings. The van der Waals surface area contributed by atoms with Gasteiger partial charge in [0.2, 0.25) is 0 Å². The van der Waals surface area contributed by atoms with Crippen LogP contribution in [0.1, 0.15) is 45.6 Å². The Morgan fingerprint density at radius 3 is 2.42 bits per heavy atom. The van der Waals surface area contributed by atoms with Crippen LogP contribution in [-0.2, 0) is 6.42 Å². The third-order valence-electron chi connectivity index (χ3n) is 3.94. The average Bonchev–Trinajstić information content (AvgIpc) is 2.40. The van der Waals surface area contributed by atoms with E-state index in [1.807, 2.05) is 0 Å². The van der Waals surface area contributed by atoms with Crippen LogP contribution in [0.15, 0.2) is 28.7 Å². The van der Waals surface area contributed by atoms with E-state index in [-0.39, 0.29) is 0 Å². The molecule has 2 heteroatoms. The molecule has 1 nitrogen and oxygen atoms in total. The van der Waals surface area contributed by atoms with E-state index < -0.39 is 0 Å². The van der Waals surface area contributed by atoms with E-state index in [0.717, 1.165) is 24.9 Å². The molecule has 1 rings (SSSR count). The predicted octanol–water partition coefficient (Wildman–Crippen LogP) is 5.04. The maximum absolute atomic E-state index is 3.61. The number of hydrogen-bond donors (Lipinski definition) is 1. The van der Waals surface area contributed by atoms with Gasteiger partial charge in [0.05, 0.1) is 0 Å². The van der Waals surface area contributed by atoms with Gasteiger partial charge in [-0.05, 0) is 55.5 Å². The van der Waals surface area contributed by atoms with Gasteiger partial charge >= 0.3 is 0 Å². The summed E-state index contributed by atoms with van der Waals surface area (Å²) in [7, 11) is 0.